The lowest BCUT2D eigenvalue weighted by molar-refractivity contribution is 0.589. The van der Waals surface area contributed by atoms with Gasteiger partial charge in [0.15, 0.2) is 5.82 Å². The summed E-state index contributed by atoms with van der Waals surface area (Å²) in [5.74, 6) is 0.773. The van der Waals surface area contributed by atoms with E-state index in [0.29, 0.717) is 0 Å². The van der Waals surface area contributed by atoms with E-state index in [9.17, 15) is 0 Å². The number of tetrazole rings is 1. The standard InChI is InChI=1S/C18H18N4/c1-2-3-14-17(15-10-6-4-7-11-15)22-18(19-20-21-22)16-12-8-5-9-13-16/h3-14,17H,2H2,1H3. The Labute approximate surface area is 130 Å². The largest absolute Gasteiger partial charge is 0.214 e. The fraction of sp³-hybridized carbons (Fsp3) is 0.167. The third-order valence-corrected chi connectivity index (χ3v) is 3.48. The number of allylic oxidation sites excluding steroid dienone is 2. The predicted octanol–water partition coefficient (Wildman–Crippen LogP) is 3.90. The number of rotatable bonds is 5. The minimum Gasteiger partial charge on any atom is -0.214 e. The van der Waals surface area contributed by atoms with Gasteiger partial charge in [-0.15, -0.1) is 5.10 Å². The summed E-state index contributed by atoms with van der Waals surface area (Å²) >= 11 is 0. The lowest BCUT2D eigenvalue weighted by Gasteiger charge is -2.15. The maximum atomic E-state index is 4.23. The molecular weight excluding hydrogens is 272 g/mol. The maximum Gasteiger partial charge on any atom is 0.182 e. The Morgan fingerprint density at radius 3 is 2.36 bits per heavy atom. The molecule has 3 rings (SSSR count). The van der Waals surface area contributed by atoms with E-state index in [0.717, 1.165) is 23.4 Å². The van der Waals surface area contributed by atoms with Crippen molar-refractivity contribution < 1.29 is 0 Å². The molecule has 0 bridgehead atoms. The maximum absolute atomic E-state index is 4.23. The highest BCUT2D eigenvalue weighted by Gasteiger charge is 2.17. The van der Waals surface area contributed by atoms with E-state index in [1.165, 1.54) is 0 Å². The van der Waals surface area contributed by atoms with E-state index < -0.39 is 0 Å². The molecule has 0 radical (unpaired) electrons. The highest BCUT2D eigenvalue weighted by atomic mass is 15.5. The van der Waals surface area contributed by atoms with Crippen LogP contribution in [-0.2, 0) is 0 Å². The zero-order chi connectivity index (χ0) is 15.2. The molecule has 0 amide bonds. The Morgan fingerprint density at radius 1 is 1.00 bits per heavy atom. The van der Waals surface area contributed by atoms with Crippen LogP contribution in [0.15, 0.2) is 72.8 Å². The smallest absolute Gasteiger partial charge is 0.182 e. The van der Waals surface area contributed by atoms with Crippen LogP contribution in [0.1, 0.15) is 24.9 Å². The molecule has 1 aromatic heterocycles. The first-order valence-corrected chi connectivity index (χ1v) is 7.45. The molecule has 0 aliphatic heterocycles. The minimum absolute atomic E-state index is 0.00800. The Hall–Kier alpha value is -2.75. The molecule has 0 fully saturated rings. The summed E-state index contributed by atoms with van der Waals surface area (Å²) in [7, 11) is 0. The van der Waals surface area contributed by atoms with E-state index in [1.54, 1.807) is 0 Å². The van der Waals surface area contributed by atoms with E-state index >= 15 is 0 Å². The van der Waals surface area contributed by atoms with E-state index in [-0.39, 0.29) is 6.04 Å². The summed E-state index contributed by atoms with van der Waals surface area (Å²) in [4.78, 5) is 0. The summed E-state index contributed by atoms with van der Waals surface area (Å²) < 4.78 is 1.87. The molecule has 4 heteroatoms. The van der Waals surface area contributed by atoms with Crippen LogP contribution in [0.2, 0.25) is 0 Å². The van der Waals surface area contributed by atoms with Crippen LogP contribution in [-0.4, -0.2) is 20.2 Å². The molecule has 0 aliphatic carbocycles. The van der Waals surface area contributed by atoms with Crippen molar-refractivity contribution in [1.29, 1.82) is 0 Å². The number of benzene rings is 2. The van der Waals surface area contributed by atoms with E-state index in [2.05, 4.69) is 46.7 Å². The molecule has 0 saturated heterocycles. The zero-order valence-electron chi connectivity index (χ0n) is 12.5. The van der Waals surface area contributed by atoms with Gasteiger partial charge in [0.1, 0.15) is 0 Å². The molecule has 1 unspecified atom stereocenters. The van der Waals surface area contributed by atoms with Gasteiger partial charge in [-0.25, -0.2) is 4.68 Å². The average molecular weight is 290 g/mol. The van der Waals surface area contributed by atoms with Crippen molar-refractivity contribution in [2.45, 2.75) is 19.4 Å². The molecule has 0 saturated carbocycles. The molecule has 22 heavy (non-hydrogen) atoms. The van der Waals surface area contributed by atoms with Gasteiger partial charge in [0.2, 0.25) is 0 Å². The fourth-order valence-corrected chi connectivity index (χ4v) is 2.41. The predicted molar refractivity (Wildman–Crippen MR) is 87.3 cm³/mol. The highest BCUT2D eigenvalue weighted by molar-refractivity contribution is 5.54. The Morgan fingerprint density at radius 2 is 1.68 bits per heavy atom. The van der Waals surface area contributed by atoms with Gasteiger partial charge in [0.05, 0.1) is 6.04 Å². The fourth-order valence-electron chi connectivity index (χ4n) is 2.41. The quantitative estimate of drug-likeness (QED) is 0.669. The summed E-state index contributed by atoms with van der Waals surface area (Å²) in [6, 6.07) is 20.3. The Bertz CT molecular complexity index is 732. The summed E-state index contributed by atoms with van der Waals surface area (Å²) in [5, 5.41) is 12.3. The molecule has 0 spiro atoms. The van der Waals surface area contributed by atoms with Gasteiger partial charge >= 0.3 is 0 Å². The van der Waals surface area contributed by atoms with Crippen LogP contribution in [0.4, 0.5) is 0 Å². The van der Waals surface area contributed by atoms with Gasteiger partial charge in [0, 0.05) is 5.56 Å². The average Bonchev–Trinajstić information content (AvgIpc) is 3.06. The second kappa shape index (κ2) is 6.80. The van der Waals surface area contributed by atoms with Crippen LogP contribution in [0.25, 0.3) is 11.4 Å². The van der Waals surface area contributed by atoms with Crippen molar-refractivity contribution in [3.8, 4) is 11.4 Å². The van der Waals surface area contributed by atoms with E-state index in [1.807, 2.05) is 53.2 Å². The van der Waals surface area contributed by atoms with Gasteiger partial charge < -0.3 is 0 Å². The first-order valence-electron chi connectivity index (χ1n) is 7.45. The molecule has 0 N–H and O–H groups in total. The number of aromatic nitrogens is 4. The normalized spacial score (nSPS) is 12.6. The molecule has 4 nitrogen and oxygen atoms in total. The van der Waals surface area contributed by atoms with Crippen LogP contribution < -0.4 is 0 Å². The van der Waals surface area contributed by atoms with Crippen molar-refractivity contribution in [2.75, 3.05) is 0 Å². The van der Waals surface area contributed by atoms with Gasteiger partial charge in [-0.1, -0.05) is 79.7 Å². The molecule has 2 aromatic carbocycles. The second-order valence-corrected chi connectivity index (χ2v) is 5.01. The Kier molecular flexibility index (Phi) is 4.39. The summed E-state index contributed by atoms with van der Waals surface area (Å²) in [5.41, 5.74) is 2.18. The van der Waals surface area contributed by atoms with Crippen molar-refractivity contribution in [3.05, 3.63) is 78.4 Å². The van der Waals surface area contributed by atoms with Crippen molar-refractivity contribution in [1.82, 2.24) is 20.2 Å². The van der Waals surface area contributed by atoms with Crippen molar-refractivity contribution >= 4 is 0 Å². The Balaban J connectivity index is 2.07. The number of hydrogen-bond acceptors (Lipinski definition) is 3. The molecule has 3 aromatic rings. The zero-order valence-corrected chi connectivity index (χ0v) is 12.5. The number of hydrogen-bond donors (Lipinski definition) is 0. The van der Waals surface area contributed by atoms with Crippen LogP contribution >= 0.6 is 0 Å². The molecule has 1 atom stereocenters. The van der Waals surface area contributed by atoms with Crippen LogP contribution in [0.5, 0.6) is 0 Å². The highest BCUT2D eigenvalue weighted by Crippen LogP contribution is 2.24. The van der Waals surface area contributed by atoms with Gasteiger partial charge in [-0.2, -0.15) is 0 Å². The van der Waals surface area contributed by atoms with Crippen molar-refractivity contribution in [3.63, 3.8) is 0 Å². The van der Waals surface area contributed by atoms with Crippen LogP contribution in [0, 0.1) is 0 Å². The lowest BCUT2D eigenvalue weighted by Crippen LogP contribution is -2.11. The first-order chi connectivity index (χ1) is 10.9. The SMILES string of the molecule is CCC=CC(c1ccccc1)n1nnnc1-c1ccccc1. The second-order valence-electron chi connectivity index (χ2n) is 5.01. The minimum atomic E-state index is -0.00800. The third-order valence-electron chi connectivity index (χ3n) is 3.48. The monoisotopic (exact) mass is 290 g/mol. The van der Waals surface area contributed by atoms with Crippen LogP contribution in [0.3, 0.4) is 0 Å². The topological polar surface area (TPSA) is 43.6 Å². The number of nitrogens with zero attached hydrogens (tertiary/aromatic N) is 4. The van der Waals surface area contributed by atoms with Crippen molar-refractivity contribution in [2.24, 2.45) is 0 Å². The molecule has 1 heterocycles. The summed E-state index contributed by atoms with van der Waals surface area (Å²) in [6.45, 7) is 2.12. The van der Waals surface area contributed by atoms with Gasteiger partial charge in [-0.05, 0) is 22.4 Å². The molecular formula is C18H18N4. The van der Waals surface area contributed by atoms with Gasteiger partial charge in [-0.3, -0.25) is 0 Å². The third kappa shape index (κ3) is 2.96. The first kappa shape index (κ1) is 14.2. The molecule has 110 valence electrons. The van der Waals surface area contributed by atoms with E-state index in [4.69, 9.17) is 0 Å². The van der Waals surface area contributed by atoms with Gasteiger partial charge in [0.25, 0.3) is 0 Å². The summed E-state index contributed by atoms with van der Waals surface area (Å²) in [6.07, 6.45) is 5.28. The molecule has 0 aliphatic rings. The lowest BCUT2D eigenvalue weighted by atomic mass is 10.1.